The van der Waals surface area contributed by atoms with Crippen LogP contribution in [0, 0.1) is 22.0 Å². The number of nitrogens with zero attached hydrogens (tertiary/aromatic N) is 3. The van der Waals surface area contributed by atoms with Gasteiger partial charge >= 0.3 is 5.97 Å². The molecule has 1 amide bonds. The van der Waals surface area contributed by atoms with Gasteiger partial charge in [0, 0.05) is 39.3 Å². The van der Waals surface area contributed by atoms with Crippen LogP contribution in [-0.4, -0.2) is 55.5 Å². The van der Waals surface area contributed by atoms with Crippen LogP contribution in [0.15, 0.2) is 18.2 Å². The van der Waals surface area contributed by atoms with Crippen LogP contribution in [0.1, 0.15) is 38.1 Å². The summed E-state index contributed by atoms with van der Waals surface area (Å²) in [7, 11) is 3.44. The predicted octanol–water partition coefficient (Wildman–Crippen LogP) is 2.96. The molecule has 0 aliphatic heterocycles. The molecule has 0 aliphatic rings. The van der Waals surface area contributed by atoms with Crippen LogP contribution in [-0.2, 0) is 9.53 Å². The van der Waals surface area contributed by atoms with E-state index in [0.29, 0.717) is 30.6 Å². The molecule has 0 saturated carbocycles. The van der Waals surface area contributed by atoms with Crippen LogP contribution in [0.4, 0.5) is 11.4 Å². The van der Waals surface area contributed by atoms with E-state index in [0.717, 1.165) is 0 Å². The van der Waals surface area contributed by atoms with Crippen molar-refractivity contribution in [1.82, 2.24) is 4.90 Å². The van der Waals surface area contributed by atoms with Crippen LogP contribution >= 0.6 is 0 Å². The molecular weight excluding hydrogens is 350 g/mol. The van der Waals surface area contributed by atoms with Crippen LogP contribution < -0.4 is 4.90 Å². The van der Waals surface area contributed by atoms with Gasteiger partial charge in [-0.1, -0.05) is 27.7 Å². The van der Waals surface area contributed by atoms with Gasteiger partial charge in [0.2, 0.25) is 0 Å². The van der Waals surface area contributed by atoms with Crippen LogP contribution in [0.3, 0.4) is 0 Å². The highest BCUT2D eigenvalue weighted by Gasteiger charge is 2.22. The summed E-state index contributed by atoms with van der Waals surface area (Å²) in [5.74, 6) is -0.451. The Bertz CT molecular complexity index is 676. The lowest BCUT2D eigenvalue weighted by Crippen LogP contribution is -2.39. The van der Waals surface area contributed by atoms with E-state index in [1.807, 2.05) is 27.7 Å². The van der Waals surface area contributed by atoms with Gasteiger partial charge in [-0.25, -0.2) is 4.79 Å². The van der Waals surface area contributed by atoms with Crippen molar-refractivity contribution in [1.29, 1.82) is 0 Å². The fraction of sp³-hybridized carbons (Fsp3) is 0.579. The van der Waals surface area contributed by atoms with E-state index in [2.05, 4.69) is 0 Å². The highest BCUT2D eigenvalue weighted by atomic mass is 16.6. The highest BCUT2D eigenvalue weighted by molar-refractivity contribution is 5.97. The molecule has 0 fully saturated rings. The lowest BCUT2D eigenvalue weighted by atomic mass is 10.1. The summed E-state index contributed by atoms with van der Waals surface area (Å²) >= 11 is 0. The first-order valence-corrected chi connectivity index (χ1v) is 8.93. The number of ether oxygens (including phenoxy) is 1. The minimum atomic E-state index is -0.759. The maximum absolute atomic E-state index is 12.5. The molecule has 0 radical (unpaired) electrons. The third kappa shape index (κ3) is 6.88. The van der Waals surface area contributed by atoms with Crippen LogP contribution in [0.25, 0.3) is 0 Å². The summed E-state index contributed by atoms with van der Waals surface area (Å²) in [5.41, 5.74) is 0.334. The number of hydrogen-bond donors (Lipinski definition) is 0. The van der Waals surface area contributed by atoms with E-state index in [1.165, 1.54) is 18.2 Å². The molecule has 1 aromatic carbocycles. The molecule has 0 aliphatic carbocycles. The average Bonchev–Trinajstić information content (AvgIpc) is 2.57. The van der Waals surface area contributed by atoms with Crippen molar-refractivity contribution in [2.24, 2.45) is 11.8 Å². The summed E-state index contributed by atoms with van der Waals surface area (Å²) in [6.45, 7) is 8.81. The minimum Gasteiger partial charge on any atom is -0.452 e. The van der Waals surface area contributed by atoms with Gasteiger partial charge in [0.25, 0.3) is 11.6 Å². The second-order valence-corrected chi connectivity index (χ2v) is 7.52. The van der Waals surface area contributed by atoms with Gasteiger partial charge in [0.05, 0.1) is 16.2 Å². The first-order chi connectivity index (χ1) is 12.5. The number of benzene rings is 1. The standard InChI is InChI=1S/C19H29N3O5/c1-13(2)10-21(11-14(3)4)18(23)12-27-19(24)16-9-15(22(25)26)7-8-17(16)20(5)6/h7-9,13-14H,10-12H2,1-6H3. The maximum atomic E-state index is 12.5. The van der Waals surface area contributed by atoms with E-state index in [9.17, 15) is 19.7 Å². The monoisotopic (exact) mass is 379 g/mol. The third-order valence-electron chi connectivity index (χ3n) is 3.74. The summed E-state index contributed by atoms with van der Waals surface area (Å²) < 4.78 is 5.18. The van der Waals surface area contributed by atoms with Gasteiger partial charge in [0.15, 0.2) is 6.61 Å². The van der Waals surface area contributed by atoms with Crippen molar-refractivity contribution >= 4 is 23.3 Å². The number of carbonyl (C=O) groups is 2. The lowest BCUT2D eigenvalue weighted by Gasteiger charge is -2.26. The molecule has 8 heteroatoms. The number of nitro benzene ring substituents is 1. The molecule has 0 spiro atoms. The Hall–Kier alpha value is -2.64. The molecule has 1 aromatic rings. The zero-order valence-electron chi connectivity index (χ0n) is 16.9. The largest absolute Gasteiger partial charge is 0.452 e. The van der Waals surface area contributed by atoms with Gasteiger partial charge < -0.3 is 14.5 Å². The Morgan fingerprint density at radius 2 is 1.67 bits per heavy atom. The fourth-order valence-corrected chi connectivity index (χ4v) is 2.65. The number of anilines is 1. The highest BCUT2D eigenvalue weighted by Crippen LogP contribution is 2.25. The second kappa shape index (κ2) is 9.89. The summed E-state index contributed by atoms with van der Waals surface area (Å²) in [6.07, 6.45) is 0. The van der Waals surface area contributed by atoms with Gasteiger partial charge in [-0.15, -0.1) is 0 Å². The lowest BCUT2D eigenvalue weighted by molar-refractivity contribution is -0.384. The zero-order valence-corrected chi connectivity index (χ0v) is 16.9. The first kappa shape index (κ1) is 22.4. The third-order valence-corrected chi connectivity index (χ3v) is 3.74. The zero-order chi connectivity index (χ0) is 20.7. The molecule has 0 bridgehead atoms. The quantitative estimate of drug-likeness (QED) is 0.372. The summed E-state index contributed by atoms with van der Waals surface area (Å²) in [4.78, 5) is 38.7. The topological polar surface area (TPSA) is 93.0 Å². The predicted molar refractivity (Wildman–Crippen MR) is 104 cm³/mol. The number of rotatable bonds is 9. The number of hydrogen-bond acceptors (Lipinski definition) is 6. The molecule has 0 saturated heterocycles. The van der Waals surface area contributed by atoms with E-state index >= 15 is 0 Å². The van der Waals surface area contributed by atoms with E-state index in [1.54, 1.807) is 23.9 Å². The normalized spacial score (nSPS) is 10.8. The molecule has 0 aromatic heterocycles. The first-order valence-electron chi connectivity index (χ1n) is 8.93. The van der Waals surface area contributed by atoms with E-state index in [-0.39, 0.29) is 17.2 Å². The maximum Gasteiger partial charge on any atom is 0.341 e. The fourth-order valence-electron chi connectivity index (χ4n) is 2.65. The van der Waals surface area contributed by atoms with Crippen LogP contribution in [0.2, 0.25) is 0 Å². The van der Waals surface area contributed by atoms with Gasteiger partial charge in [-0.3, -0.25) is 14.9 Å². The van der Waals surface area contributed by atoms with Crippen molar-refractivity contribution in [3.8, 4) is 0 Å². The van der Waals surface area contributed by atoms with Crippen molar-refractivity contribution in [3.05, 3.63) is 33.9 Å². The molecular formula is C19H29N3O5. The van der Waals surface area contributed by atoms with E-state index < -0.39 is 17.5 Å². The molecule has 0 N–H and O–H groups in total. The number of amides is 1. The molecule has 0 unspecified atom stereocenters. The van der Waals surface area contributed by atoms with E-state index in [4.69, 9.17) is 4.74 Å². The van der Waals surface area contributed by atoms with Gasteiger partial charge in [-0.05, 0) is 17.9 Å². The summed E-state index contributed by atoms with van der Waals surface area (Å²) in [5, 5.41) is 11.0. The molecule has 27 heavy (non-hydrogen) atoms. The number of nitro groups is 1. The second-order valence-electron chi connectivity index (χ2n) is 7.52. The molecule has 0 atom stereocenters. The Morgan fingerprint density at radius 3 is 2.11 bits per heavy atom. The number of non-ortho nitro benzene ring substituents is 1. The smallest absolute Gasteiger partial charge is 0.341 e. The Labute approximate surface area is 160 Å². The van der Waals surface area contributed by atoms with Crippen molar-refractivity contribution in [2.75, 3.05) is 38.7 Å². The summed E-state index contributed by atoms with van der Waals surface area (Å²) in [6, 6.07) is 3.98. The van der Waals surface area contributed by atoms with Gasteiger partial charge in [0.1, 0.15) is 0 Å². The van der Waals surface area contributed by atoms with Crippen molar-refractivity contribution in [3.63, 3.8) is 0 Å². The van der Waals surface area contributed by atoms with Crippen molar-refractivity contribution < 1.29 is 19.2 Å². The molecule has 1 rings (SSSR count). The minimum absolute atomic E-state index is 0.0567. The van der Waals surface area contributed by atoms with Crippen molar-refractivity contribution in [2.45, 2.75) is 27.7 Å². The molecule has 8 nitrogen and oxygen atoms in total. The SMILES string of the molecule is CC(C)CN(CC(C)C)C(=O)COC(=O)c1cc([N+](=O)[O-])ccc1N(C)C. The molecule has 0 heterocycles. The van der Waals surface area contributed by atoms with Crippen LogP contribution in [0.5, 0.6) is 0 Å². The molecule has 150 valence electrons. The Balaban J connectivity index is 2.93. The van der Waals surface area contributed by atoms with Gasteiger partial charge in [-0.2, -0.15) is 0 Å². The Kier molecular flexibility index (Phi) is 8.21. The average molecular weight is 379 g/mol. The number of esters is 1. The Morgan fingerprint density at radius 1 is 1.11 bits per heavy atom. The number of carbonyl (C=O) groups excluding carboxylic acids is 2.